The van der Waals surface area contributed by atoms with E-state index in [4.69, 9.17) is 0 Å². The summed E-state index contributed by atoms with van der Waals surface area (Å²) in [4.78, 5) is 14.3. The van der Waals surface area contributed by atoms with Crippen LogP contribution in [-0.4, -0.2) is 76.2 Å². The van der Waals surface area contributed by atoms with Crippen LogP contribution in [0.1, 0.15) is 10.4 Å². The van der Waals surface area contributed by atoms with Gasteiger partial charge in [0.25, 0.3) is 5.91 Å². The Labute approximate surface area is 139 Å². The van der Waals surface area contributed by atoms with E-state index in [-0.39, 0.29) is 5.91 Å². The average Bonchev–Trinajstić information content (AvgIpc) is 3.00. The Hall–Kier alpha value is -2.33. The average molecular weight is 350 g/mol. The highest BCUT2D eigenvalue weighted by molar-refractivity contribution is 7.88. The van der Waals surface area contributed by atoms with Crippen LogP contribution in [0.5, 0.6) is 0 Å². The van der Waals surface area contributed by atoms with Crippen LogP contribution < -0.4 is 0 Å². The number of amides is 1. The van der Waals surface area contributed by atoms with E-state index in [1.165, 1.54) is 15.2 Å². The van der Waals surface area contributed by atoms with Gasteiger partial charge in [-0.2, -0.15) is 4.31 Å². The Morgan fingerprint density at radius 2 is 1.88 bits per heavy atom. The number of hydrogen-bond donors (Lipinski definition) is 0. The first-order chi connectivity index (χ1) is 11.4. The summed E-state index contributed by atoms with van der Waals surface area (Å²) in [6.07, 6.45) is 1.18. The van der Waals surface area contributed by atoms with Crippen molar-refractivity contribution >= 4 is 15.9 Å². The number of aryl methyl sites for hydroxylation is 1. The van der Waals surface area contributed by atoms with E-state index >= 15 is 0 Å². The monoisotopic (exact) mass is 350 g/mol. The maximum Gasteiger partial charge on any atom is 0.253 e. The molecule has 1 amide bonds. The van der Waals surface area contributed by atoms with Gasteiger partial charge in [-0.05, 0) is 22.6 Å². The Balaban J connectivity index is 1.76. The molecule has 1 aliphatic rings. The van der Waals surface area contributed by atoms with Crippen LogP contribution in [0.25, 0.3) is 11.4 Å². The Morgan fingerprint density at radius 3 is 2.46 bits per heavy atom. The van der Waals surface area contributed by atoms with Crippen molar-refractivity contribution in [1.29, 1.82) is 0 Å². The topological polar surface area (TPSA) is 101 Å². The number of piperazine rings is 1. The van der Waals surface area contributed by atoms with Crippen molar-refractivity contribution < 1.29 is 13.2 Å². The number of carbonyl (C=O) groups excluding carboxylic acids is 1. The fraction of sp³-hybridized carbons (Fsp3) is 0.429. The summed E-state index contributed by atoms with van der Waals surface area (Å²) in [5, 5.41) is 11.3. The third kappa shape index (κ3) is 3.29. The van der Waals surface area contributed by atoms with E-state index in [0.717, 1.165) is 5.56 Å². The second kappa shape index (κ2) is 6.29. The second-order valence-corrected chi connectivity index (χ2v) is 7.64. The van der Waals surface area contributed by atoms with Gasteiger partial charge in [0.2, 0.25) is 10.0 Å². The van der Waals surface area contributed by atoms with Crippen LogP contribution in [0, 0.1) is 0 Å². The van der Waals surface area contributed by atoms with Crippen LogP contribution in [0.3, 0.4) is 0 Å². The van der Waals surface area contributed by atoms with Crippen molar-refractivity contribution in [2.24, 2.45) is 7.05 Å². The molecule has 0 unspecified atom stereocenters. The van der Waals surface area contributed by atoms with Gasteiger partial charge in [-0.1, -0.05) is 12.1 Å². The smallest absolute Gasteiger partial charge is 0.253 e. The molecule has 2 aromatic rings. The molecule has 3 rings (SSSR count). The second-order valence-electron chi connectivity index (χ2n) is 5.66. The molecule has 0 N–H and O–H groups in total. The summed E-state index contributed by atoms with van der Waals surface area (Å²) in [5.41, 5.74) is 1.28. The molecule has 0 aliphatic carbocycles. The lowest BCUT2D eigenvalue weighted by Gasteiger charge is -2.33. The maximum absolute atomic E-state index is 12.7. The molecule has 10 heteroatoms. The van der Waals surface area contributed by atoms with Gasteiger partial charge in [0.15, 0.2) is 5.82 Å². The van der Waals surface area contributed by atoms with Gasteiger partial charge in [0, 0.05) is 44.4 Å². The number of hydrogen-bond acceptors (Lipinski definition) is 6. The molecule has 0 radical (unpaired) electrons. The lowest BCUT2D eigenvalue weighted by molar-refractivity contribution is 0.0698. The summed E-state index contributed by atoms with van der Waals surface area (Å²) in [5.74, 6) is 0.451. The predicted octanol–water partition coefficient (Wildman–Crippen LogP) is -0.405. The minimum Gasteiger partial charge on any atom is -0.336 e. The molecule has 0 spiro atoms. The first-order valence-electron chi connectivity index (χ1n) is 7.43. The highest BCUT2D eigenvalue weighted by Gasteiger charge is 2.26. The Bertz CT molecular complexity index is 855. The first kappa shape index (κ1) is 16.5. The van der Waals surface area contributed by atoms with Crippen LogP contribution in [0.15, 0.2) is 24.3 Å². The zero-order valence-electron chi connectivity index (χ0n) is 13.5. The van der Waals surface area contributed by atoms with Crippen molar-refractivity contribution in [3.63, 3.8) is 0 Å². The number of nitrogens with zero attached hydrogens (tertiary/aromatic N) is 6. The van der Waals surface area contributed by atoms with E-state index in [0.29, 0.717) is 37.6 Å². The molecule has 1 aromatic carbocycles. The lowest BCUT2D eigenvalue weighted by atomic mass is 10.1. The zero-order valence-corrected chi connectivity index (χ0v) is 14.3. The van der Waals surface area contributed by atoms with Crippen molar-refractivity contribution in [2.45, 2.75) is 0 Å². The number of aromatic nitrogens is 4. The fourth-order valence-electron chi connectivity index (χ4n) is 2.67. The number of tetrazole rings is 1. The van der Waals surface area contributed by atoms with Crippen LogP contribution in [0.4, 0.5) is 0 Å². The number of rotatable bonds is 3. The molecule has 24 heavy (non-hydrogen) atoms. The van der Waals surface area contributed by atoms with Crippen molar-refractivity contribution in [3.05, 3.63) is 29.8 Å². The van der Waals surface area contributed by atoms with Gasteiger partial charge >= 0.3 is 0 Å². The normalized spacial score (nSPS) is 16.3. The standard InChI is InChI=1S/C14H18N6O3S/c1-18-13(15-16-17-18)11-4-3-5-12(10-11)14(21)19-6-8-20(9-7-19)24(2,22)23/h3-5,10H,6-9H2,1-2H3. The summed E-state index contributed by atoms with van der Waals surface area (Å²) >= 11 is 0. The highest BCUT2D eigenvalue weighted by atomic mass is 32.2. The molecule has 1 aliphatic heterocycles. The Morgan fingerprint density at radius 1 is 1.17 bits per heavy atom. The number of benzene rings is 1. The molecule has 2 heterocycles. The van der Waals surface area contributed by atoms with E-state index in [9.17, 15) is 13.2 Å². The van der Waals surface area contributed by atoms with Gasteiger partial charge in [0.05, 0.1) is 6.26 Å². The zero-order chi connectivity index (χ0) is 17.3. The summed E-state index contributed by atoms with van der Waals surface area (Å²) in [7, 11) is -1.48. The molecular weight excluding hydrogens is 332 g/mol. The molecular formula is C14H18N6O3S. The summed E-state index contributed by atoms with van der Waals surface area (Å²) < 4.78 is 26.0. The molecule has 1 fully saturated rings. The summed E-state index contributed by atoms with van der Waals surface area (Å²) in [6, 6.07) is 7.10. The van der Waals surface area contributed by atoms with Crippen molar-refractivity contribution in [3.8, 4) is 11.4 Å². The largest absolute Gasteiger partial charge is 0.336 e. The molecule has 0 bridgehead atoms. The van der Waals surface area contributed by atoms with Crippen molar-refractivity contribution in [2.75, 3.05) is 32.4 Å². The molecule has 1 saturated heterocycles. The van der Waals surface area contributed by atoms with Gasteiger partial charge in [0.1, 0.15) is 0 Å². The Kier molecular flexibility index (Phi) is 4.33. The quantitative estimate of drug-likeness (QED) is 0.746. The minimum absolute atomic E-state index is 0.125. The molecule has 0 atom stereocenters. The predicted molar refractivity (Wildman–Crippen MR) is 86.6 cm³/mol. The number of sulfonamides is 1. The molecule has 9 nitrogen and oxygen atoms in total. The fourth-order valence-corrected chi connectivity index (χ4v) is 3.50. The molecule has 0 saturated carbocycles. The SMILES string of the molecule is Cn1nnnc1-c1cccc(C(=O)N2CCN(S(C)(=O)=O)CC2)c1. The van der Waals surface area contributed by atoms with E-state index < -0.39 is 10.0 Å². The van der Waals surface area contributed by atoms with Crippen LogP contribution in [0.2, 0.25) is 0 Å². The van der Waals surface area contributed by atoms with Crippen molar-refractivity contribution in [1.82, 2.24) is 29.4 Å². The highest BCUT2D eigenvalue weighted by Crippen LogP contribution is 2.18. The lowest BCUT2D eigenvalue weighted by Crippen LogP contribution is -2.50. The molecule has 1 aromatic heterocycles. The number of carbonyl (C=O) groups is 1. The third-order valence-electron chi connectivity index (χ3n) is 3.98. The maximum atomic E-state index is 12.7. The third-order valence-corrected chi connectivity index (χ3v) is 5.29. The minimum atomic E-state index is -3.21. The molecule has 128 valence electrons. The van der Waals surface area contributed by atoms with Crippen LogP contribution in [-0.2, 0) is 17.1 Å². The van der Waals surface area contributed by atoms with Gasteiger partial charge in [-0.15, -0.1) is 5.10 Å². The van der Waals surface area contributed by atoms with E-state index in [1.54, 1.807) is 30.1 Å². The van der Waals surface area contributed by atoms with Gasteiger partial charge in [-0.3, -0.25) is 4.79 Å². The van der Waals surface area contributed by atoms with E-state index in [1.807, 2.05) is 6.07 Å². The van der Waals surface area contributed by atoms with Gasteiger partial charge in [-0.25, -0.2) is 13.1 Å². The van der Waals surface area contributed by atoms with Gasteiger partial charge < -0.3 is 4.90 Å². The van der Waals surface area contributed by atoms with Crippen LogP contribution >= 0.6 is 0 Å². The van der Waals surface area contributed by atoms with E-state index in [2.05, 4.69) is 15.5 Å². The first-order valence-corrected chi connectivity index (χ1v) is 9.28. The summed E-state index contributed by atoms with van der Waals surface area (Å²) in [6.45, 7) is 1.39.